The number of nitrogens with two attached hydrogens (primary N) is 1. The van der Waals surface area contributed by atoms with Gasteiger partial charge in [-0.3, -0.25) is 0 Å². The largest absolute Gasteiger partial charge is 0.407 e. The molecule has 1 aromatic carbocycles. The van der Waals surface area contributed by atoms with Gasteiger partial charge in [-0.05, 0) is 24.1 Å². The molecule has 0 aliphatic carbocycles. The summed E-state index contributed by atoms with van der Waals surface area (Å²) in [6.45, 7) is 1.47. The van der Waals surface area contributed by atoms with Gasteiger partial charge in [0.1, 0.15) is 11.9 Å². The number of rotatable bonds is 1. The van der Waals surface area contributed by atoms with Crippen LogP contribution < -0.4 is 5.73 Å². The molecular formula is C9H9F4N. The smallest absolute Gasteiger partial charge is 0.316 e. The zero-order chi connectivity index (χ0) is 10.9. The summed E-state index contributed by atoms with van der Waals surface area (Å²) in [5.74, 6) is -0.679. The molecule has 0 heterocycles. The zero-order valence-electron chi connectivity index (χ0n) is 7.40. The van der Waals surface area contributed by atoms with Crippen molar-refractivity contribution >= 4 is 0 Å². The number of hydrogen-bond acceptors (Lipinski definition) is 1. The van der Waals surface area contributed by atoms with Crippen LogP contribution in [0.25, 0.3) is 0 Å². The highest BCUT2D eigenvalue weighted by Gasteiger charge is 2.37. The SMILES string of the molecule is Cc1ccc(C(N)C(F)(F)F)cc1F. The first-order valence-corrected chi connectivity index (χ1v) is 3.90. The van der Waals surface area contributed by atoms with Crippen molar-refractivity contribution in [2.75, 3.05) is 0 Å². The normalized spacial score (nSPS) is 14.1. The molecule has 0 saturated heterocycles. The third-order valence-electron chi connectivity index (χ3n) is 1.91. The molecule has 0 spiro atoms. The van der Waals surface area contributed by atoms with E-state index < -0.39 is 18.0 Å². The summed E-state index contributed by atoms with van der Waals surface area (Å²) in [5, 5.41) is 0. The lowest BCUT2D eigenvalue weighted by Gasteiger charge is -2.16. The van der Waals surface area contributed by atoms with Gasteiger partial charge in [-0.15, -0.1) is 0 Å². The molecule has 0 bridgehead atoms. The fourth-order valence-electron chi connectivity index (χ4n) is 0.992. The van der Waals surface area contributed by atoms with Crippen molar-refractivity contribution in [2.24, 2.45) is 5.73 Å². The molecule has 0 aliphatic heterocycles. The Morgan fingerprint density at radius 3 is 2.29 bits per heavy atom. The molecule has 78 valence electrons. The maximum absolute atomic E-state index is 12.9. The van der Waals surface area contributed by atoms with Crippen LogP contribution >= 0.6 is 0 Å². The van der Waals surface area contributed by atoms with Crippen LogP contribution in [0.2, 0.25) is 0 Å². The Morgan fingerprint density at radius 2 is 1.86 bits per heavy atom. The Kier molecular flexibility index (Phi) is 2.80. The number of hydrogen-bond donors (Lipinski definition) is 1. The summed E-state index contributed by atoms with van der Waals surface area (Å²) in [7, 11) is 0. The van der Waals surface area contributed by atoms with Gasteiger partial charge >= 0.3 is 6.18 Å². The lowest BCUT2D eigenvalue weighted by molar-refractivity contribution is -0.149. The highest BCUT2D eigenvalue weighted by Crippen LogP contribution is 2.30. The van der Waals surface area contributed by atoms with Crippen LogP contribution in [-0.4, -0.2) is 6.18 Å². The fraction of sp³-hybridized carbons (Fsp3) is 0.333. The van der Waals surface area contributed by atoms with Gasteiger partial charge in [0.15, 0.2) is 0 Å². The summed E-state index contributed by atoms with van der Waals surface area (Å²) >= 11 is 0. The number of benzene rings is 1. The molecule has 5 heteroatoms. The molecule has 0 aliphatic rings. The summed E-state index contributed by atoms with van der Waals surface area (Å²) < 4.78 is 49.3. The van der Waals surface area contributed by atoms with E-state index in [2.05, 4.69) is 0 Å². The van der Waals surface area contributed by atoms with Crippen LogP contribution in [0.4, 0.5) is 17.6 Å². The maximum Gasteiger partial charge on any atom is 0.407 e. The Balaban J connectivity index is 3.03. The van der Waals surface area contributed by atoms with Crippen molar-refractivity contribution in [1.82, 2.24) is 0 Å². The van der Waals surface area contributed by atoms with E-state index >= 15 is 0 Å². The minimum absolute atomic E-state index is 0.263. The van der Waals surface area contributed by atoms with Crippen molar-refractivity contribution in [1.29, 1.82) is 0 Å². The third-order valence-corrected chi connectivity index (χ3v) is 1.91. The molecular weight excluding hydrogens is 198 g/mol. The fourth-order valence-corrected chi connectivity index (χ4v) is 0.992. The predicted octanol–water partition coefficient (Wildman–Crippen LogP) is 2.70. The van der Waals surface area contributed by atoms with Crippen LogP contribution in [0.3, 0.4) is 0 Å². The van der Waals surface area contributed by atoms with E-state index in [1.54, 1.807) is 0 Å². The lowest BCUT2D eigenvalue weighted by atomic mass is 10.1. The standard InChI is InChI=1S/C9H9F4N/c1-5-2-3-6(4-7(5)10)8(14)9(11,12)13/h2-4,8H,14H2,1H3. The van der Waals surface area contributed by atoms with Crippen LogP contribution in [0.15, 0.2) is 18.2 Å². The molecule has 0 aromatic heterocycles. The van der Waals surface area contributed by atoms with Gasteiger partial charge in [-0.2, -0.15) is 13.2 Å². The summed E-state index contributed by atoms with van der Waals surface area (Å²) in [4.78, 5) is 0. The second-order valence-electron chi connectivity index (χ2n) is 3.03. The second-order valence-corrected chi connectivity index (χ2v) is 3.03. The van der Waals surface area contributed by atoms with E-state index in [1.165, 1.54) is 19.1 Å². The van der Waals surface area contributed by atoms with Gasteiger partial charge in [-0.1, -0.05) is 12.1 Å². The summed E-state index contributed by atoms with van der Waals surface area (Å²) in [6, 6.07) is 1.14. The third kappa shape index (κ3) is 2.23. The highest BCUT2D eigenvalue weighted by molar-refractivity contribution is 5.26. The van der Waals surface area contributed by atoms with Crippen molar-refractivity contribution in [3.8, 4) is 0 Å². The second kappa shape index (κ2) is 3.57. The molecule has 1 unspecified atom stereocenters. The van der Waals surface area contributed by atoms with Crippen molar-refractivity contribution in [2.45, 2.75) is 19.1 Å². The Morgan fingerprint density at radius 1 is 1.29 bits per heavy atom. The maximum atomic E-state index is 12.9. The van der Waals surface area contributed by atoms with E-state index in [1.807, 2.05) is 0 Å². The molecule has 0 saturated carbocycles. The van der Waals surface area contributed by atoms with E-state index in [0.29, 0.717) is 5.56 Å². The van der Waals surface area contributed by atoms with E-state index in [0.717, 1.165) is 6.07 Å². The van der Waals surface area contributed by atoms with Gasteiger partial charge in [0.25, 0.3) is 0 Å². The van der Waals surface area contributed by atoms with Crippen LogP contribution in [0.5, 0.6) is 0 Å². The zero-order valence-corrected chi connectivity index (χ0v) is 7.40. The highest BCUT2D eigenvalue weighted by atomic mass is 19.4. The van der Waals surface area contributed by atoms with E-state index in [4.69, 9.17) is 5.73 Å². The molecule has 1 nitrogen and oxygen atoms in total. The first kappa shape index (κ1) is 11.0. The first-order valence-electron chi connectivity index (χ1n) is 3.90. The molecule has 1 aromatic rings. The number of alkyl halides is 3. The molecule has 0 fully saturated rings. The molecule has 14 heavy (non-hydrogen) atoms. The molecule has 0 amide bonds. The quantitative estimate of drug-likeness (QED) is 0.704. The van der Waals surface area contributed by atoms with Crippen LogP contribution in [0.1, 0.15) is 17.2 Å². The van der Waals surface area contributed by atoms with E-state index in [-0.39, 0.29) is 5.56 Å². The minimum Gasteiger partial charge on any atom is -0.316 e. The minimum atomic E-state index is -4.54. The van der Waals surface area contributed by atoms with Gasteiger partial charge < -0.3 is 5.73 Å². The Bertz CT molecular complexity index is 332. The van der Waals surface area contributed by atoms with Crippen LogP contribution in [-0.2, 0) is 0 Å². The Labute approximate surface area is 78.5 Å². The monoisotopic (exact) mass is 207 g/mol. The van der Waals surface area contributed by atoms with Gasteiger partial charge in [0.05, 0.1) is 0 Å². The topological polar surface area (TPSA) is 26.0 Å². The molecule has 0 radical (unpaired) electrons. The van der Waals surface area contributed by atoms with Gasteiger partial charge in [0, 0.05) is 0 Å². The van der Waals surface area contributed by atoms with E-state index in [9.17, 15) is 17.6 Å². The summed E-state index contributed by atoms with van der Waals surface area (Å²) in [6.07, 6.45) is -4.54. The van der Waals surface area contributed by atoms with Crippen LogP contribution in [0, 0.1) is 12.7 Å². The van der Waals surface area contributed by atoms with Gasteiger partial charge in [-0.25, -0.2) is 4.39 Å². The first-order chi connectivity index (χ1) is 6.32. The predicted molar refractivity (Wildman–Crippen MR) is 44.1 cm³/mol. The Hall–Kier alpha value is -1.10. The van der Waals surface area contributed by atoms with Crippen molar-refractivity contribution < 1.29 is 17.6 Å². The van der Waals surface area contributed by atoms with Crippen molar-refractivity contribution in [3.05, 3.63) is 35.1 Å². The molecule has 2 N–H and O–H groups in total. The molecule has 1 atom stereocenters. The summed E-state index contributed by atoms with van der Waals surface area (Å²) in [5.41, 5.74) is 4.93. The number of halogens is 4. The lowest BCUT2D eigenvalue weighted by Crippen LogP contribution is -2.28. The average molecular weight is 207 g/mol. The average Bonchev–Trinajstić information content (AvgIpc) is 2.07. The molecule has 1 rings (SSSR count). The van der Waals surface area contributed by atoms with Gasteiger partial charge in [0.2, 0.25) is 0 Å². The number of aryl methyl sites for hydroxylation is 1. The van der Waals surface area contributed by atoms with Crippen molar-refractivity contribution in [3.63, 3.8) is 0 Å².